The summed E-state index contributed by atoms with van der Waals surface area (Å²) < 4.78 is 1.43. The van der Waals surface area contributed by atoms with E-state index in [2.05, 4.69) is 36.1 Å². The number of amides is 1. The van der Waals surface area contributed by atoms with Gasteiger partial charge in [-0.25, -0.2) is 9.97 Å². The van der Waals surface area contributed by atoms with Gasteiger partial charge in [-0.3, -0.25) is 14.9 Å². The van der Waals surface area contributed by atoms with E-state index in [4.69, 9.17) is 0 Å². The highest BCUT2D eigenvalue weighted by Crippen LogP contribution is 2.40. The number of hydrogen-bond donors (Lipinski definition) is 1. The third-order valence-electron chi connectivity index (χ3n) is 5.60. The van der Waals surface area contributed by atoms with Crippen LogP contribution in [0.1, 0.15) is 53.0 Å². The summed E-state index contributed by atoms with van der Waals surface area (Å²) in [6.45, 7) is 8.66. The lowest BCUT2D eigenvalue weighted by Crippen LogP contribution is -2.26. The highest BCUT2D eigenvalue weighted by Gasteiger charge is 2.31. The van der Waals surface area contributed by atoms with E-state index in [0.717, 1.165) is 25.0 Å². The Balaban J connectivity index is 1.60. The third-order valence-corrected chi connectivity index (χ3v) is 7.84. The molecule has 148 valence electrons. The van der Waals surface area contributed by atoms with Crippen molar-refractivity contribution in [1.82, 2.24) is 14.5 Å². The standard InChI is InChI=1S/C20H24N4O2S2/c1-10-14-17(21-9-24(5)18(14)26)28-15(10)16(25)23-19-22-12-7-6-11(20(2,3)4)8-13(12)27-19/h9,11H,6-8H2,1-5H3,(H,22,23,25). The quantitative estimate of drug-likeness (QED) is 0.680. The van der Waals surface area contributed by atoms with E-state index in [1.807, 2.05) is 0 Å². The van der Waals surface area contributed by atoms with Crippen LogP contribution in [0.5, 0.6) is 0 Å². The molecule has 1 amide bonds. The van der Waals surface area contributed by atoms with Crippen LogP contribution in [-0.2, 0) is 19.9 Å². The molecule has 0 saturated carbocycles. The van der Waals surface area contributed by atoms with Crippen molar-refractivity contribution in [2.24, 2.45) is 18.4 Å². The van der Waals surface area contributed by atoms with Crippen molar-refractivity contribution in [1.29, 1.82) is 0 Å². The van der Waals surface area contributed by atoms with Crippen LogP contribution in [0, 0.1) is 18.3 Å². The van der Waals surface area contributed by atoms with Crippen LogP contribution in [0.3, 0.4) is 0 Å². The molecule has 0 aliphatic heterocycles. The number of aryl methyl sites for hydroxylation is 3. The molecule has 0 fully saturated rings. The summed E-state index contributed by atoms with van der Waals surface area (Å²) in [7, 11) is 1.66. The highest BCUT2D eigenvalue weighted by atomic mass is 32.1. The van der Waals surface area contributed by atoms with Gasteiger partial charge in [0.1, 0.15) is 4.83 Å². The minimum Gasteiger partial charge on any atom is -0.302 e. The Kier molecular flexibility index (Phi) is 4.66. The number of nitrogens with zero attached hydrogens (tertiary/aromatic N) is 3. The van der Waals surface area contributed by atoms with Crippen molar-refractivity contribution in [2.45, 2.75) is 47.0 Å². The first-order chi connectivity index (χ1) is 13.1. The van der Waals surface area contributed by atoms with Gasteiger partial charge in [-0.1, -0.05) is 20.8 Å². The van der Waals surface area contributed by atoms with Crippen molar-refractivity contribution in [3.8, 4) is 0 Å². The molecule has 1 N–H and O–H groups in total. The molecule has 1 unspecified atom stereocenters. The van der Waals surface area contributed by atoms with Crippen molar-refractivity contribution in [3.05, 3.63) is 37.7 Å². The predicted molar refractivity (Wildman–Crippen MR) is 115 cm³/mol. The average Bonchev–Trinajstić information content (AvgIpc) is 3.17. The van der Waals surface area contributed by atoms with Crippen LogP contribution in [0.2, 0.25) is 0 Å². The number of rotatable bonds is 2. The molecular weight excluding hydrogens is 392 g/mol. The molecule has 6 nitrogen and oxygen atoms in total. The Labute approximate surface area is 171 Å². The second-order valence-corrected chi connectivity index (χ2v) is 10.6. The van der Waals surface area contributed by atoms with Gasteiger partial charge in [-0.2, -0.15) is 0 Å². The molecule has 3 aromatic rings. The maximum atomic E-state index is 12.9. The van der Waals surface area contributed by atoms with Crippen LogP contribution < -0.4 is 10.9 Å². The summed E-state index contributed by atoms with van der Waals surface area (Å²) in [5.74, 6) is 0.414. The molecule has 3 aromatic heterocycles. The molecule has 3 heterocycles. The smallest absolute Gasteiger partial charge is 0.267 e. The van der Waals surface area contributed by atoms with E-state index in [1.165, 1.54) is 27.1 Å². The molecule has 1 aliphatic rings. The van der Waals surface area contributed by atoms with Gasteiger partial charge in [0, 0.05) is 11.9 Å². The van der Waals surface area contributed by atoms with E-state index in [1.54, 1.807) is 25.3 Å². The van der Waals surface area contributed by atoms with Crippen molar-refractivity contribution in [3.63, 3.8) is 0 Å². The van der Waals surface area contributed by atoms with Gasteiger partial charge in [0.25, 0.3) is 11.5 Å². The van der Waals surface area contributed by atoms with Gasteiger partial charge in [-0.05, 0) is 43.1 Å². The molecule has 28 heavy (non-hydrogen) atoms. The lowest BCUT2D eigenvalue weighted by Gasteiger charge is -2.33. The van der Waals surface area contributed by atoms with Crippen molar-refractivity contribution in [2.75, 3.05) is 5.32 Å². The van der Waals surface area contributed by atoms with E-state index < -0.39 is 0 Å². The fourth-order valence-electron chi connectivity index (χ4n) is 3.75. The largest absolute Gasteiger partial charge is 0.302 e. The summed E-state index contributed by atoms with van der Waals surface area (Å²) >= 11 is 2.83. The van der Waals surface area contributed by atoms with Gasteiger partial charge < -0.3 is 4.57 Å². The van der Waals surface area contributed by atoms with Crippen LogP contribution >= 0.6 is 22.7 Å². The van der Waals surface area contributed by atoms with Gasteiger partial charge in [-0.15, -0.1) is 22.7 Å². The lowest BCUT2D eigenvalue weighted by atomic mass is 9.73. The normalized spacial score (nSPS) is 17.0. The first kappa shape index (κ1) is 19.3. The SMILES string of the molecule is Cc1c(C(=O)Nc2nc3c(s2)CC(C(C)(C)C)CC3)sc2ncn(C)c(=O)c12. The maximum absolute atomic E-state index is 12.9. The Hall–Kier alpha value is -2.06. The van der Waals surface area contributed by atoms with Gasteiger partial charge >= 0.3 is 0 Å². The topological polar surface area (TPSA) is 76.9 Å². The summed E-state index contributed by atoms with van der Waals surface area (Å²) in [5.41, 5.74) is 1.94. The van der Waals surface area contributed by atoms with E-state index in [-0.39, 0.29) is 16.9 Å². The minimum absolute atomic E-state index is 0.129. The molecule has 1 atom stereocenters. The van der Waals surface area contributed by atoms with Crippen LogP contribution in [0.25, 0.3) is 10.2 Å². The van der Waals surface area contributed by atoms with Crippen molar-refractivity contribution < 1.29 is 4.79 Å². The number of anilines is 1. The van der Waals surface area contributed by atoms with Crippen LogP contribution in [-0.4, -0.2) is 20.4 Å². The Bertz CT molecular complexity index is 1130. The number of nitrogens with one attached hydrogen (secondary N) is 1. The van der Waals surface area contributed by atoms with Gasteiger partial charge in [0.15, 0.2) is 5.13 Å². The molecule has 1 aliphatic carbocycles. The summed E-state index contributed by atoms with van der Waals surface area (Å²) in [5, 5.41) is 4.11. The molecule has 8 heteroatoms. The summed E-state index contributed by atoms with van der Waals surface area (Å²) in [4.78, 5) is 36.6. The Morgan fingerprint density at radius 1 is 1.32 bits per heavy atom. The molecule has 0 bridgehead atoms. The second kappa shape index (κ2) is 6.77. The van der Waals surface area contributed by atoms with E-state index in [9.17, 15) is 9.59 Å². The number of fused-ring (bicyclic) bond motifs is 2. The minimum atomic E-state index is -0.221. The first-order valence-corrected chi connectivity index (χ1v) is 11.0. The fourth-order valence-corrected chi connectivity index (χ4v) is 5.86. The summed E-state index contributed by atoms with van der Waals surface area (Å²) in [6.07, 6.45) is 4.61. The van der Waals surface area contributed by atoms with Gasteiger partial charge in [0.05, 0.1) is 22.3 Å². The number of thiazole rings is 1. The zero-order valence-electron chi connectivity index (χ0n) is 16.8. The Morgan fingerprint density at radius 2 is 2.07 bits per heavy atom. The molecule has 0 radical (unpaired) electrons. The van der Waals surface area contributed by atoms with Crippen molar-refractivity contribution >= 4 is 43.9 Å². The zero-order valence-corrected chi connectivity index (χ0v) is 18.4. The van der Waals surface area contributed by atoms with E-state index in [0.29, 0.717) is 31.7 Å². The van der Waals surface area contributed by atoms with Gasteiger partial charge in [0.2, 0.25) is 0 Å². The molecular formula is C20H24N4O2S2. The van der Waals surface area contributed by atoms with Crippen LogP contribution in [0.15, 0.2) is 11.1 Å². The number of carbonyl (C=O) groups excluding carboxylic acids is 1. The Morgan fingerprint density at radius 3 is 2.79 bits per heavy atom. The predicted octanol–water partition coefficient (Wildman–Crippen LogP) is 4.16. The monoisotopic (exact) mass is 416 g/mol. The third kappa shape index (κ3) is 3.28. The fraction of sp³-hybridized carbons (Fsp3) is 0.500. The number of hydrogen-bond acceptors (Lipinski definition) is 6. The number of thiophene rings is 1. The maximum Gasteiger partial charge on any atom is 0.267 e. The van der Waals surface area contributed by atoms with E-state index >= 15 is 0 Å². The molecule has 0 saturated heterocycles. The highest BCUT2D eigenvalue weighted by molar-refractivity contribution is 7.21. The number of carbonyl (C=O) groups is 1. The molecule has 4 rings (SSSR count). The number of aromatic nitrogens is 3. The average molecular weight is 417 g/mol. The molecule has 0 aromatic carbocycles. The first-order valence-electron chi connectivity index (χ1n) is 9.40. The zero-order chi connectivity index (χ0) is 20.2. The molecule has 0 spiro atoms. The lowest BCUT2D eigenvalue weighted by molar-refractivity contribution is 0.103. The second-order valence-electron chi connectivity index (χ2n) is 8.55. The van der Waals surface area contributed by atoms with Crippen LogP contribution in [0.4, 0.5) is 5.13 Å². The summed E-state index contributed by atoms with van der Waals surface area (Å²) in [6, 6.07) is 0.